The molecule has 1 heterocycles. The number of rotatable bonds is 4. The second kappa shape index (κ2) is 5.27. The first-order chi connectivity index (χ1) is 8.60. The third kappa shape index (κ3) is 2.73. The summed E-state index contributed by atoms with van der Waals surface area (Å²) in [5.41, 5.74) is 1.82. The Labute approximate surface area is 110 Å². The molecule has 0 fully saturated rings. The number of hydrogen-bond acceptors (Lipinski definition) is 5. The smallest absolute Gasteiger partial charge is 0.235 e. The van der Waals surface area contributed by atoms with Crippen molar-refractivity contribution in [2.75, 3.05) is 12.4 Å². The maximum atomic E-state index is 6.04. The molecule has 0 bridgehead atoms. The fourth-order valence-electron chi connectivity index (χ4n) is 1.55. The quantitative estimate of drug-likeness (QED) is 0.923. The Morgan fingerprint density at radius 3 is 2.72 bits per heavy atom. The first kappa shape index (κ1) is 12.7. The van der Waals surface area contributed by atoms with Crippen molar-refractivity contribution in [3.05, 3.63) is 34.5 Å². The molecule has 0 unspecified atom stereocenters. The maximum absolute atomic E-state index is 6.04. The number of methoxy groups -OCH3 is 1. The van der Waals surface area contributed by atoms with Crippen molar-refractivity contribution in [3.63, 3.8) is 0 Å². The summed E-state index contributed by atoms with van der Waals surface area (Å²) >= 11 is 6.04. The second-order valence-corrected chi connectivity index (χ2v) is 4.28. The van der Waals surface area contributed by atoms with Crippen LogP contribution in [0.15, 0.2) is 16.5 Å². The third-order valence-electron chi connectivity index (χ3n) is 2.48. The average Bonchev–Trinajstić information content (AvgIpc) is 2.76. The number of nitrogens with zero attached hydrogens (tertiary/aromatic N) is 2. The van der Waals surface area contributed by atoms with Gasteiger partial charge in [0.1, 0.15) is 5.75 Å². The molecule has 0 atom stereocenters. The van der Waals surface area contributed by atoms with E-state index in [1.54, 1.807) is 20.1 Å². The van der Waals surface area contributed by atoms with Crippen LogP contribution in [-0.4, -0.2) is 17.3 Å². The van der Waals surface area contributed by atoms with E-state index in [0.717, 1.165) is 11.3 Å². The zero-order valence-electron chi connectivity index (χ0n) is 10.5. The number of aromatic nitrogens is 2. The van der Waals surface area contributed by atoms with E-state index < -0.39 is 0 Å². The number of aryl methyl sites for hydroxylation is 2. The molecule has 0 radical (unpaired) electrons. The predicted molar refractivity (Wildman–Crippen MR) is 69.1 cm³/mol. The summed E-state index contributed by atoms with van der Waals surface area (Å²) in [6, 6.07) is 3.70. The minimum Gasteiger partial charge on any atom is -0.495 e. The third-order valence-corrected chi connectivity index (χ3v) is 2.89. The summed E-state index contributed by atoms with van der Waals surface area (Å²) in [6.07, 6.45) is 0. The zero-order valence-corrected chi connectivity index (χ0v) is 11.2. The SMILES string of the molecule is COc1cc(Cl)c(C)cc1NCc1nnc(C)o1. The number of ether oxygens (including phenoxy) is 1. The number of nitrogens with one attached hydrogen (secondary N) is 1. The standard InChI is InChI=1S/C12H14ClN3O2/c1-7-4-10(11(17-3)5-9(7)13)14-6-12-16-15-8(2)18-12/h4-5,14H,6H2,1-3H3. The van der Waals surface area contributed by atoms with Crippen LogP contribution in [0.3, 0.4) is 0 Å². The predicted octanol–water partition coefficient (Wildman–Crippen LogP) is 2.96. The summed E-state index contributed by atoms with van der Waals surface area (Å²) in [5.74, 6) is 1.76. The van der Waals surface area contributed by atoms with Gasteiger partial charge in [-0.2, -0.15) is 0 Å². The molecule has 0 aliphatic rings. The molecule has 5 nitrogen and oxygen atoms in total. The monoisotopic (exact) mass is 267 g/mol. The van der Waals surface area contributed by atoms with Gasteiger partial charge in [-0.3, -0.25) is 0 Å². The van der Waals surface area contributed by atoms with Gasteiger partial charge in [0.05, 0.1) is 19.3 Å². The molecule has 0 aliphatic carbocycles. The Hall–Kier alpha value is -1.75. The van der Waals surface area contributed by atoms with E-state index in [1.165, 1.54) is 0 Å². The lowest BCUT2D eigenvalue weighted by Crippen LogP contribution is -2.02. The summed E-state index contributed by atoms with van der Waals surface area (Å²) in [4.78, 5) is 0. The van der Waals surface area contributed by atoms with E-state index >= 15 is 0 Å². The Balaban J connectivity index is 2.15. The fraction of sp³-hybridized carbons (Fsp3) is 0.333. The highest BCUT2D eigenvalue weighted by Gasteiger charge is 2.08. The molecule has 1 N–H and O–H groups in total. The molecule has 6 heteroatoms. The minimum absolute atomic E-state index is 0.443. The van der Waals surface area contributed by atoms with Crippen molar-refractivity contribution < 1.29 is 9.15 Å². The molecular weight excluding hydrogens is 254 g/mol. The van der Waals surface area contributed by atoms with Crippen LogP contribution in [0.5, 0.6) is 5.75 Å². The number of halogens is 1. The molecular formula is C12H14ClN3O2. The van der Waals surface area contributed by atoms with E-state index in [0.29, 0.717) is 29.1 Å². The Morgan fingerprint density at radius 1 is 1.33 bits per heavy atom. The van der Waals surface area contributed by atoms with E-state index in [1.807, 2.05) is 13.0 Å². The molecule has 1 aromatic heterocycles. The first-order valence-electron chi connectivity index (χ1n) is 5.47. The highest BCUT2D eigenvalue weighted by Crippen LogP contribution is 2.31. The van der Waals surface area contributed by atoms with Gasteiger partial charge < -0.3 is 14.5 Å². The fourth-order valence-corrected chi connectivity index (χ4v) is 1.70. The summed E-state index contributed by atoms with van der Waals surface area (Å²) < 4.78 is 10.5. The molecule has 1 aromatic carbocycles. The van der Waals surface area contributed by atoms with Crippen molar-refractivity contribution in [2.24, 2.45) is 0 Å². The molecule has 2 rings (SSSR count). The van der Waals surface area contributed by atoms with Crippen molar-refractivity contribution in [1.29, 1.82) is 0 Å². The van der Waals surface area contributed by atoms with Gasteiger partial charge in [0, 0.05) is 18.0 Å². The molecule has 0 amide bonds. The van der Waals surface area contributed by atoms with Crippen LogP contribution in [0.2, 0.25) is 5.02 Å². The van der Waals surface area contributed by atoms with Gasteiger partial charge in [-0.15, -0.1) is 10.2 Å². The topological polar surface area (TPSA) is 60.2 Å². The minimum atomic E-state index is 0.443. The largest absolute Gasteiger partial charge is 0.495 e. The average molecular weight is 268 g/mol. The number of anilines is 1. The zero-order chi connectivity index (χ0) is 13.1. The molecule has 0 aliphatic heterocycles. The van der Waals surface area contributed by atoms with Crippen LogP contribution in [0.1, 0.15) is 17.3 Å². The van der Waals surface area contributed by atoms with E-state index in [9.17, 15) is 0 Å². The lowest BCUT2D eigenvalue weighted by atomic mass is 10.2. The maximum Gasteiger partial charge on any atom is 0.235 e. The van der Waals surface area contributed by atoms with E-state index in [2.05, 4.69) is 15.5 Å². The summed E-state index contributed by atoms with van der Waals surface area (Å²) in [6.45, 7) is 4.13. The first-order valence-corrected chi connectivity index (χ1v) is 5.85. The van der Waals surface area contributed by atoms with Gasteiger partial charge in [0.2, 0.25) is 11.8 Å². The Kier molecular flexibility index (Phi) is 3.72. The lowest BCUT2D eigenvalue weighted by molar-refractivity contribution is 0.416. The molecule has 0 spiro atoms. The highest BCUT2D eigenvalue weighted by atomic mass is 35.5. The summed E-state index contributed by atoms with van der Waals surface area (Å²) in [5, 5.41) is 11.5. The van der Waals surface area contributed by atoms with Gasteiger partial charge in [0.25, 0.3) is 0 Å². The van der Waals surface area contributed by atoms with Crippen molar-refractivity contribution in [3.8, 4) is 5.75 Å². The van der Waals surface area contributed by atoms with E-state index in [-0.39, 0.29) is 0 Å². The normalized spacial score (nSPS) is 10.4. The van der Waals surface area contributed by atoms with Crippen LogP contribution < -0.4 is 10.1 Å². The Bertz CT molecular complexity index is 554. The number of hydrogen-bond donors (Lipinski definition) is 1. The van der Waals surface area contributed by atoms with Crippen LogP contribution in [-0.2, 0) is 6.54 Å². The van der Waals surface area contributed by atoms with Gasteiger partial charge in [0.15, 0.2) is 0 Å². The van der Waals surface area contributed by atoms with Crippen LogP contribution in [0, 0.1) is 13.8 Å². The van der Waals surface area contributed by atoms with Crippen LogP contribution in [0.25, 0.3) is 0 Å². The second-order valence-electron chi connectivity index (χ2n) is 3.87. The lowest BCUT2D eigenvalue weighted by Gasteiger charge is -2.11. The van der Waals surface area contributed by atoms with Gasteiger partial charge in [-0.25, -0.2) is 0 Å². The van der Waals surface area contributed by atoms with Gasteiger partial charge >= 0.3 is 0 Å². The highest BCUT2D eigenvalue weighted by molar-refractivity contribution is 6.31. The molecule has 0 saturated carbocycles. The Morgan fingerprint density at radius 2 is 2.11 bits per heavy atom. The summed E-state index contributed by atoms with van der Waals surface area (Å²) in [7, 11) is 1.60. The van der Waals surface area contributed by atoms with Crippen molar-refractivity contribution in [1.82, 2.24) is 10.2 Å². The number of benzene rings is 1. The van der Waals surface area contributed by atoms with Gasteiger partial charge in [-0.1, -0.05) is 11.6 Å². The van der Waals surface area contributed by atoms with E-state index in [4.69, 9.17) is 20.8 Å². The molecule has 0 saturated heterocycles. The van der Waals surface area contributed by atoms with Gasteiger partial charge in [-0.05, 0) is 18.6 Å². The van der Waals surface area contributed by atoms with Crippen LogP contribution in [0.4, 0.5) is 5.69 Å². The van der Waals surface area contributed by atoms with Crippen LogP contribution >= 0.6 is 11.6 Å². The van der Waals surface area contributed by atoms with Crippen molar-refractivity contribution >= 4 is 17.3 Å². The van der Waals surface area contributed by atoms with Crippen molar-refractivity contribution in [2.45, 2.75) is 20.4 Å². The molecule has 18 heavy (non-hydrogen) atoms. The molecule has 2 aromatic rings. The molecule has 96 valence electrons.